The summed E-state index contributed by atoms with van der Waals surface area (Å²) in [5.41, 5.74) is 28.1. The van der Waals surface area contributed by atoms with E-state index in [1.807, 2.05) is 118 Å². The van der Waals surface area contributed by atoms with Gasteiger partial charge in [-0.1, -0.05) is 37.4 Å². The number of nitrogens with zero attached hydrogens (tertiary/aromatic N) is 8. The molecule has 12 aromatic rings. The van der Waals surface area contributed by atoms with Gasteiger partial charge in [0.2, 0.25) is 17.1 Å². The van der Waals surface area contributed by atoms with Gasteiger partial charge in [-0.05, 0) is 281 Å². The van der Waals surface area contributed by atoms with Gasteiger partial charge < -0.3 is 60.6 Å². The van der Waals surface area contributed by atoms with Gasteiger partial charge in [-0.3, -0.25) is 14.4 Å². The minimum absolute atomic E-state index is 0.0368. The number of nitrogen functional groups attached to an aromatic ring is 2. The molecule has 668 valence electrons. The molecule has 12 heterocycles. The van der Waals surface area contributed by atoms with E-state index >= 15 is 0 Å². The second-order valence-electron chi connectivity index (χ2n) is 35.4. The van der Waals surface area contributed by atoms with E-state index < -0.39 is 22.4 Å². The van der Waals surface area contributed by atoms with E-state index in [0.29, 0.717) is 44.9 Å². The number of hydrogen-bond donors (Lipinski definition) is 4. The number of aromatic nitrogens is 4. The van der Waals surface area contributed by atoms with Crippen molar-refractivity contribution in [3.05, 3.63) is 162 Å². The number of thiophene rings is 4. The summed E-state index contributed by atoms with van der Waals surface area (Å²) in [6, 6.07) is 24.9. The summed E-state index contributed by atoms with van der Waals surface area (Å²) in [5.74, 6) is -0.209. The molecule has 6 N–H and O–H groups in total. The number of rotatable bonds is 10. The number of halogens is 2. The summed E-state index contributed by atoms with van der Waals surface area (Å²) in [6.07, 6.45) is 4.47. The predicted octanol–water partition coefficient (Wildman–Crippen LogP) is 25.2. The van der Waals surface area contributed by atoms with Crippen LogP contribution < -0.4 is 22.1 Å². The number of carbonyl (C=O) groups is 7. The van der Waals surface area contributed by atoms with Crippen molar-refractivity contribution in [2.75, 3.05) is 41.1 Å². The Morgan fingerprint density at radius 1 is 0.444 bits per heavy atom. The Labute approximate surface area is 777 Å². The molecule has 4 unspecified atom stereocenters. The van der Waals surface area contributed by atoms with Gasteiger partial charge in [0.25, 0.3) is 0 Å². The molecule has 0 spiro atoms. The van der Waals surface area contributed by atoms with Crippen LogP contribution in [-0.2, 0) is 72.1 Å². The van der Waals surface area contributed by atoms with Gasteiger partial charge in [-0.15, -0.1) is 102 Å². The third kappa shape index (κ3) is 22.6. The number of nitrogens with one attached hydrogen (secondary N) is 2. The van der Waals surface area contributed by atoms with Crippen molar-refractivity contribution < 1.29 is 52.5 Å². The summed E-state index contributed by atoms with van der Waals surface area (Å²) < 4.78 is 26.9. The lowest BCUT2D eigenvalue weighted by Crippen LogP contribution is -2.44. The fourth-order valence-electron chi connectivity index (χ4n) is 14.8. The van der Waals surface area contributed by atoms with Crippen molar-refractivity contribution in [2.45, 2.75) is 230 Å². The first-order chi connectivity index (χ1) is 59.1. The fraction of sp³-hybridized carbons (Fsp3) is 0.409. The van der Waals surface area contributed by atoms with E-state index in [1.165, 1.54) is 66.5 Å². The van der Waals surface area contributed by atoms with Gasteiger partial charge in [0.05, 0.1) is 76.0 Å². The van der Waals surface area contributed by atoms with E-state index in [-0.39, 0.29) is 72.0 Å². The molecule has 33 heteroatoms. The standard InChI is InChI=1S/2C24H27N3O3S2.2C21H25N3O2S2.C3H4Cl2O/c1-7-19(28)26-22-20(21-25-16-10-13(2)8-9-17(16)31-21)15-11-14(3)27(12-18(15)32-22)23(29)30-24(4,5)6;1-7-18(28)26-22-19(21-25-16-12-13(2)8-9-17(16)31-21)15-10-11-27(14(3)20(15)32-22)23(29)30-24(4,5)6;1-11-6-7-15-14(8-11)23-19(28-15)17-13-9-12(2)24(10-16(13)27-18(17)22)20(25)26-21(3,4)5;1-11-6-7-15-14(10-11)23-19(27-15)16-13-8-9-24(20(25)26-21(3,4)5)12(2)17(13)28-18(16)22;4-2-1-3(5)6/h7-10,14H,1,11-12H2,2-6H3,(H,26,28);7-9,12,14H,1,10-11H2,2-6H3,(H,26,28);6-8,12H,9-10,22H2,1-5H3;6-7,10,12H,8-9,22H2,1-5H3;1-2H2. The molecule has 16 rings (SSSR count). The molecule has 4 aromatic carbocycles. The molecule has 4 atom stereocenters. The Morgan fingerprint density at radius 3 is 1.09 bits per heavy atom. The maximum Gasteiger partial charge on any atom is 0.410 e. The molecule has 0 aliphatic carbocycles. The number of anilines is 4. The largest absolute Gasteiger partial charge is 0.444 e. The number of ether oxygens (including phenoxy) is 4. The maximum absolute atomic E-state index is 12.8. The van der Waals surface area contributed by atoms with E-state index in [9.17, 15) is 33.6 Å². The van der Waals surface area contributed by atoms with Crippen LogP contribution in [0.25, 0.3) is 83.2 Å². The van der Waals surface area contributed by atoms with Crippen molar-refractivity contribution in [1.82, 2.24) is 39.5 Å². The third-order valence-corrected chi connectivity index (χ3v) is 29.9. The normalized spacial score (nSPS) is 16.1. The fourth-order valence-corrected chi connectivity index (χ4v) is 24.4. The summed E-state index contributed by atoms with van der Waals surface area (Å²) in [7, 11) is 0. The van der Waals surface area contributed by atoms with E-state index in [0.717, 1.165) is 148 Å². The van der Waals surface area contributed by atoms with Gasteiger partial charge in [0.15, 0.2) is 0 Å². The van der Waals surface area contributed by atoms with Gasteiger partial charge in [-0.25, -0.2) is 39.1 Å². The summed E-state index contributed by atoms with van der Waals surface area (Å²) in [4.78, 5) is 116. The van der Waals surface area contributed by atoms with Gasteiger partial charge in [0.1, 0.15) is 52.4 Å². The van der Waals surface area contributed by atoms with Crippen LogP contribution in [0.2, 0.25) is 0 Å². The average Bonchev–Trinajstić information content (AvgIpc) is 1.61. The molecule has 0 saturated carbocycles. The van der Waals surface area contributed by atoms with E-state index in [4.69, 9.17) is 73.6 Å². The number of fused-ring (bicyclic) bond motifs is 8. The van der Waals surface area contributed by atoms with E-state index in [1.54, 1.807) is 87.6 Å². The molecule has 4 aliphatic heterocycles. The van der Waals surface area contributed by atoms with Crippen molar-refractivity contribution in [3.63, 3.8) is 0 Å². The number of hydrogen-bond acceptors (Lipinski definition) is 25. The molecule has 0 fully saturated rings. The topological polar surface area (TPSA) is 297 Å². The zero-order chi connectivity index (χ0) is 91.8. The second-order valence-corrected chi connectivity index (χ2v) is 44.7. The first-order valence-electron chi connectivity index (χ1n) is 41.4. The molecule has 4 aliphatic rings. The number of thiazole rings is 4. The number of carbonyl (C=O) groups excluding carboxylic acids is 7. The Kier molecular flexibility index (Phi) is 29.5. The number of aryl methyl sites for hydroxylation is 4. The minimum Gasteiger partial charge on any atom is -0.444 e. The molecule has 23 nitrogen and oxygen atoms in total. The molecule has 0 radical (unpaired) electrons. The molecule has 6 amide bonds. The third-order valence-electron chi connectivity index (χ3n) is 20.6. The van der Waals surface area contributed by atoms with Gasteiger partial charge in [0, 0.05) is 79.2 Å². The van der Waals surface area contributed by atoms with Crippen LogP contribution in [0.5, 0.6) is 0 Å². The highest BCUT2D eigenvalue weighted by atomic mass is 35.5. The predicted molar refractivity (Wildman–Crippen MR) is 523 cm³/mol. The first-order valence-corrected chi connectivity index (χ1v) is 48.8. The quantitative estimate of drug-likeness (QED) is 0.0428. The smallest absolute Gasteiger partial charge is 0.410 e. The number of alkyl halides is 1. The minimum atomic E-state index is -0.556. The molecule has 0 saturated heterocycles. The lowest BCUT2D eigenvalue weighted by molar-refractivity contribution is -0.112. The summed E-state index contributed by atoms with van der Waals surface area (Å²) >= 11 is 22.6. The average molecular weight is 1900 g/mol. The van der Waals surface area contributed by atoms with Crippen LogP contribution in [-0.4, -0.2) is 134 Å². The number of nitrogens with two attached hydrogens (primary N) is 2. The Balaban J connectivity index is 0.000000150. The zero-order valence-electron chi connectivity index (χ0n) is 74.6. The molecule has 0 bridgehead atoms. The summed E-state index contributed by atoms with van der Waals surface area (Å²) in [6.45, 7) is 48.2. The highest BCUT2D eigenvalue weighted by molar-refractivity contribution is 7.24. The van der Waals surface area contributed by atoms with E-state index in [2.05, 4.69) is 117 Å². The SMILES string of the molecule is C=CC(=O)Nc1sc2c(c1-c1nc3cc(C)ccc3s1)CC(C)N(C(=O)OC(C)(C)C)C2.C=CC(=O)Nc1sc2c(c1-c1nc3cc(C)ccc3s1)CCN(C(=O)OC(C)(C)C)C2C.Cc1ccc2sc(-c3c(N)sc4c3CC(C)N(C(=O)OC(C)(C)C)C4)nc2c1.Cc1ccc2sc(-c3c(N)sc4c3CCN(C(=O)OC(C)(C)C)C4C)nc2c1.O=C(Cl)CCCl. The van der Waals surface area contributed by atoms with Crippen LogP contribution in [0.4, 0.5) is 39.2 Å². The van der Waals surface area contributed by atoms with Crippen LogP contribution in [0, 0.1) is 27.7 Å². The van der Waals surface area contributed by atoms with Crippen molar-refractivity contribution in [3.8, 4) is 42.3 Å². The monoisotopic (exact) mass is 1890 g/mol. The van der Waals surface area contributed by atoms with Crippen LogP contribution in [0.15, 0.2) is 98.1 Å². The lowest BCUT2D eigenvalue weighted by atomic mass is 9.97. The van der Waals surface area contributed by atoms with Crippen LogP contribution in [0.1, 0.15) is 193 Å². The first kappa shape index (κ1) is 95.7. The lowest BCUT2D eigenvalue weighted by Gasteiger charge is -2.35. The highest BCUT2D eigenvalue weighted by Crippen LogP contribution is 2.53. The van der Waals surface area contributed by atoms with Gasteiger partial charge >= 0.3 is 24.4 Å². The van der Waals surface area contributed by atoms with Crippen LogP contribution >= 0.6 is 114 Å². The van der Waals surface area contributed by atoms with Crippen molar-refractivity contribution in [2.24, 2.45) is 0 Å². The number of amides is 6. The zero-order valence-corrected chi connectivity index (χ0v) is 82.7. The Morgan fingerprint density at radius 2 is 0.746 bits per heavy atom. The maximum atomic E-state index is 12.8. The molecule has 126 heavy (non-hydrogen) atoms. The molecular formula is C93H108Cl2N12O11S8. The van der Waals surface area contributed by atoms with Crippen molar-refractivity contribution in [1.29, 1.82) is 0 Å². The van der Waals surface area contributed by atoms with Gasteiger partial charge in [-0.2, -0.15) is 0 Å². The van der Waals surface area contributed by atoms with Crippen molar-refractivity contribution >= 4 is 216 Å². The van der Waals surface area contributed by atoms with Crippen LogP contribution in [0.3, 0.4) is 0 Å². The Bertz CT molecular complexity index is 6130. The summed E-state index contributed by atoms with van der Waals surface area (Å²) in [5, 5.41) is 12.3. The second kappa shape index (κ2) is 38.9. The molecular weight excluding hydrogens is 1790 g/mol. The highest BCUT2D eigenvalue weighted by Gasteiger charge is 2.41. The molecule has 8 aromatic heterocycles. The number of benzene rings is 4. The Hall–Kier alpha value is -9.41.